The summed E-state index contributed by atoms with van der Waals surface area (Å²) in [6.07, 6.45) is 0.236. The van der Waals surface area contributed by atoms with Crippen LogP contribution in [0.15, 0.2) is 34.9 Å². The van der Waals surface area contributed by atoms with Crippen LogP contribution in [-0.4, -0.2) is 23.7 Å². The van der Waals surface area contributed by atoms with Gasteiger partial charge in [-0.3, -0.25) is 4.79 Å². The van der Waals surface area contributed by atoms with Crippen LogP contribution in [0.4, 0.5) is 5.69 Å². The Labute approximate surface area is 91.8 Å². The second-order valence-electron chi connectivity index (χ2n) is 3.39. The van der Waals surface area contributed by atoms with Crippen molar-refractivity contribution < 1.29 is 14.3 Å². The number of para-hydroxylation sites is 1. The second kappa shape index (κ2) is 4.34. The Morgan fingerprint density at radius 1 is 1.50 bits per heavy atom. The number of aliphatic hydroxyl groups is 1. The van der Waals surface area contributed by atoms with Crippen molar-refractivity contribution in [3.8, 4) is 0 Å². The molecule has 5 nitrogen and oxygen atoms in total. The molecule has 0 saturated carbocycles. The number of hydrogen-bond acceptors (Lipinski definition) is 4. The lowest BCUT2D eigenvalue weighted by atomic mass is 10.2. The van der Waals surface area contributed by atoms with Gasteiger partial charge in [-0.2, -0.15) is 0 Å². The van der Waals surface area contributed by atoms with Gasteiger partial charge in [-0.15, -0.1) is 0 Å². The van der Waals surface area contributed by atoms with Gasteiger partial charge in [0, 0.05) is 11.9 Å². The highest BCUT2D eigenvalue weighted by atomic mass is 16.3. The molecule has 16 heavy (non-hydrogen) atoms. The summed E-state index contributed by atoms with van der Waals surface area (Å²) in [5, 5.41) is 12.6. The maximum absolute atomic E-state index is 11.4. The summed E-state index contributed by atoms with van der Waals surface area (Å²) < 4.78 is 5.24. The maximum Gasteiger partial charge on any atom is 0.254 e. The van der Waals surface area contributed by atoms with E-state index in [1.54, 1.807) is 6.07 Å². The minimum absolute atomic E-state index is 0.110. The molecule has 0 fully saturated rings. The van der Waals surface area contributed by atoms with Crippen LogP contribution >= 0.6 is 0 Å². The Balaban J connectivity index is 2.25. The number of benzene rings is 1. The third kappa shape index (κ3) is 1.91. The number of nitrogens with one attached hydrogen (secondary N) is 1. The van der Waals surface area contributed by atoms with Crippen molar-refractivity contribution in [1.29, 1.82) is 0 Å². The molecule has 0 radical (unpaired) electrons. The first kappa shape index (κ1) is 10.7. The average Bonchev–Trinajstić information content (AvgIpc) is 2.72. The van der Waals surface area contributed by atoms with Crippen molar-refractivity contribution in [2.45, 2.75) is 6.10 Å². The lowest BCUT2D eigenvalue weighted by Gasteiger charge is -2.07. The van der Waals surface area contributed by atoms with Crippen molar-refractivity contribution in [3.05, 3.63) is 30.5 Å². The number of rotatable bonds is 3. The van der Waals surface area contributed by atoms with Crippen molar-refractivity contribution in [1.82, 2.24) is 0 Å². The summed E-state index contributed by atoms with van der Waals surface area (Å²) in [5.74, 6) is -0.533. The van der Waals surface area contributed by atoms with Crippen molar-refractivity contribution in [2.24, 2.45) is 5.73 Å². The largest absolute Gasteiger partial charge is 0.462 e. The zero-order valence-corrected chi connectivity index (χ0v) is 8.51. The zero-order valence-electron chi connectivity index (χ0n) is 8.51. The van der Waals surface area contributed by atoms with E-state index in [0.29, 0.717) is 11.3 Å². The number of furan rings is 1. The molecular weight excluding hydrogens is 208 g/mol. The lowest BCUT2D eigenvalue weighted by molar-refractivity contribution is -0.123. The van der Waals surface area contributed by atoms with Crippen LogP contribution in [0.25, 0.3) is 11.0 Å². The van der Waals surface area contributed by atoms with E-state index >= 15 is 0 Å². The van der Waals surface area contributed by atoms with Gasteiger partial charge in [-0.1, -0.05) is 12.1 Å². The van der Waals surface area contributed by atoms with Gasteiger partial charge in [0.1, 0.15) is 18.0 Å². The number of amides is 1. The number of carbonyl (C=O) groups is 1. The van der Waals surface area contributed by atoms with Crippen LogP contribution in [0.3, 0.4) is 0 Å². The Hall–Kier alpha value is -1.85. The molecule has 1 heterocycles. The Morgan fingerprint density at radius 3 is 3.00 bits per heavy atom. The number of anilines is 1. The highest BCUT2D eigenvalue weighted by molar-refractivity contribution is 6.02. The zero-order chi connectivity index (χ0) is 11.5. The lowest BCUT2D eigenvalue weighted by Crippen LogP contribution is -2.33. The predicted molar refractivity (Wildman–Crippen MR) is 59.9 cm³/mol. The SMILES string of the molecule is NCC(O)C(=O)Nc1coc2ccccc12. The Morgan fingerprint density at radius 2 is 2.25 bits per heavy atom. The number of hydrogen-bond donors (Lipinski definition) is 3. The van der Waals surface area contributed by atoms with E-state index in [9.17, 15) is 9.90 Å². The van der Waals surface area contributed by atoms with Gasteiger partial charge in [0.25, 0.3) is 5.91 Å². The molecule has 0 aliphatic heterocycles. The maximum atomic E-state index is 11.4. The number of carbonyl (C=O) groups excluding carboxylic acids is 1. The molecule has 84 valence electrons. The highest BCUT2D eigenvalue weighted by Gasteiger charge is 2.15. The minimum Gasteiger partial charge on any atom is -0.462 e. The first-order valence-electron chi connectivity index (χ1n) is 4.87. The summed E-state index contributed by atoms with van der Waals surface area (Å²) in [7, 11) is 0. The van der Waals surface area contributed by atoms with Gasteiger partial charge in [0.15, 0.2) is 0 Å². The smallest absolute Gasteiger partial charge is 0.254 e. The van der Waals surface area contributed by atoms with Crippen LogP contribution in [0.1, 0.15) is 0 Å². The molecule has 2 aromatic rings. The first-order valence-corrected chi connectivity index (χ1v) is 4.87. The van der Waals surface area contributed by atoms with Crippen LogP contribution < -0.4 is 11.1 Å². The molecule has 0 bridgehead atoms. The van der Waals surface area contributed by atoms with E-state index in [0.717, 1.165) is 5.39 Å². The van der Waals surface area contributed by atoms with E-state index in [1.807, 2.05) is 18.2 Å². The number of aliphatic hydroxyl groups excluding tert-OH is 1. The summed E-state index contributed by atoms with van der Waals surface area (Å²) in [5.41, 5.74) is 6.40. The normalized spacial score (nSPS) is 12.6. The first-order chi connectivity index (χ1) is 7.72. The minimum atomic E-state index is -1.20. The van der Waals surface area contributed by atoms with Crippen molar-refractivity contribution in [3.63, 3.8) is 0 Å². The quantitative estimate of drug-likeness (QED) is 0.710. The van der Waals surface area contributed by atoms with Gasteiger partial charge >= 0.3 is 0 Å². The third-order valence-electron chi connectivity index (χ3n) is 2.26. The summed E-state index contributed by atoms with van der Waals surface area (Å²) in [6.45, 7) is -0.110. The van der Waals surface area contributed by atoms with Crippen LogP contribution in [0, 0.1) is 0 Å². The molecule has 0 saturated heterocycles. The van der Waals surface area contributed by atoms with E-state index < -0.39 is 12.0 Å². The Kier molecular flexibility index (Phi) is 2.89. The fraction of sp³-hybridized carbons (Fsp3) is 0.182. The standard InChI is InChI=1S/C11H12N2O3/c12-5-9(14)11(15)13-8-6-16-10-4-2-1-3-7(8)10/h1-4,6,9,14H,5,12H2,(H,13,15). The van der Waals surface area contributed by atoms with Gasteiger partial charge in [-0.25, -0.2) is 0 Å². The molecule has 1 atom stereocenters. The molecule has 4 N–H and O–H groups in total. The molecule has 1 aromatic carbocycles. The second-order valence-corrected chi connectivity index (χ2v) is 3.39. The fourth-order valence-electron chi connectivity index (χ4n) is 1.40. The molecule has 0 aliphatic rings. The van der Waals surface area contributed by atoms with E-state index in [4.69, 9.17) is 10.2 Å². The third-order valence-corrected chi connectivity index (χ3v) is 2.26. The van der Waals surface area contributed by atoms with Gasteiger partial charge in [-0.05, 0) is 12.1 Å². The summed E-state index contributed by atoms with van der Waals surface area (Å²) in [4.78, 5) is 11.4. The van der Waals surface area contributed by atoms with Crippen molar-refractivity contribution in [2.75, 3.05) is 11.9 Å². The predicted octanol–water partition coefficient (Wildman–Crippen LogP) is 0.691. The van der Waals surface area contributed by atoms with Crippen LogP contribution in [0.5, 0.6) is 0 Å². The van der Waals surface area contributed by atoms with Crippen LogP contribution in [-0.2, 0) is 4.79 Å². The molecule has 0 spiro atoms. The molecule has 1 unspecified atom stereocenters. The van der Waals surface area contributed by atoms with E-state index in [-0.39, 0.29) is 6.54 Å². The molecule has 1 aromatic heterocycles. The number of fused-ring (bicyclic) bond motifs is 1. The topological polar surface area (TPSA) is 88.5 Å². The molecule has 0 aliphatic carbocycles. The Bertz CT molecular complexity index is 507. The van der Waals surface area contributed by atoms with Gasteiger partial charge < -0.3 is 20.6 Å². The fourth-order valence-corrected chi connectivity index (χ4v) is 1.40. The van der Waals surface area contributed by atoms with E-state index in [2.05, 4.69) is 5.32 Å². The molecule has 5 heteroatoms. The molecular formula is C11H12N2O3. The van der Waals surface area contributed by atoms with Crippen LogP contribution in [0.2, 0.25) is 0 Å². The summed E-state index contributed by atoms with van der Waals surface area (Å²) in [6, 6.07) is 7.30. The molecule has 1 amide bonds. The average molecular weight is 220 g/mol. The van der Waals surface area contributed by atoms with Gasteiger partial charge in [0.2, 0.25) is 0 Å². The van der Waals surface area contributed by atoms with E-state index in [1.165, 1.54) is 6.26 Å². The van der Waals surface area contributed by atoms with Crippen molar-refractivity contribution >= 4 is 22.6 Å². The number of nitrogens with two attached hydrogens (primary N) is 1. The molecule has 2 rings (SSSR count). The highest BCUT2D eigenvalue weighted by Crippen LogP contribution is 2.25. The van der Waals surface area contributed by atoms with Gasteiger partial charge in [0.05, 0.1) is 5.69 Å². The monoisotopic (exact) mass is 220 g/mol. The summed E-state index contributed by atoms with van der Waals surface area (Å²) >= 11 is 0.